The third kappa shape index (κ3) is 6.42. The summed E-state index contributed by atoms with van der Waals surface area (Å²) in [4.78, 5) is 25.5. The number of carbonyl (C=O) groups excluding carboxylic acids is 2. The van der Waals surface area contributed by atoms with Crippen molar-refractivity contribution in [1.29, 1.82) is 0 Å². The lowest BCUT2D eigenvalue weighted by Gasteiger charge is -2.12. The summed E-state index contributed by atoms with van der Waals surface area (Å²) in [7, 11) is 5.27. The summed E-state index contributed by atoms with van der Waals surface area (Å²) < 4.78 is 23.3. The van der Waals surface area contributed by atoms with Gasteiger partial charge >= 0.3 is 5.97 Å². The number of ether oxygens (including phenoxy) is 2. The zero-order valence-electron chi connectivity index (χ0n) is 16.1. The summed E-state index contributed by atoms with van der Waals surface area (Å²) in [5.41, 5.74) is 2.47. The molecule has 0 bridgehead atoms. The lowest BCUT2D eigenvalue weighted by molar-refractivity contribution is -0.143. The molecule has 0 aliphatic rings. The highest BCUT2D eigenvalue weighted by atomic mass is 19.1. The minimum Gasteiger partial charge on any atom is -0.494 e. The molecule has 2 aromatic rings. The molecule has 28 heavy (non-hydrogen) atoms. The van der Waals surface area contributed by atoms with Gasteiger partial charge in [0.05, 0.1) is 7.11 Å². The van der Waals surface area contributed by atoms with Gasteiger partial charge in [-0.25, -0.2) is 9.18 Å². The highest BCUT2D eigenvalue weighted by Crippen LogP contribution is 2.18. The Balaban J connectivity index is 1.75. The van der Waals surface area contributed by atoms with E-state index in [1.807, 2.05) is 43.3 Å². The zero-order valence-corrected chi connectivity index (χ0v) is 16.1. The maximum atomic E-state index is 13.6. The number of anilines is 1. The first-order chi connectivity index (χ1) is 13.4. The topological polar surface area (TPSA) is 67.9 Å². The first-order valence-corrected chi connectivity index (χ1v) is 8.60. The van der Waals surface area contributed by atoms with Gasteiger partial charge in [0.15, 0.2) is 18.2 Å². The van der Waals surface area contributed by atoms with Crippen molar-refractivity contribution in [2.24, 2.45) is 0 Å². The number of rotatable bonds is 8. The van der Waals surface area contributed by atoms with Gasteiger partial charge in [-0.05, 0) is 41.5 Å². The SMILES string of the molecule is COc1ccc(/C=C/C(=O)OCC(=O)NCc2ccc(N(C)C)cc2)cc1F. The quantitative estimate of drug-likeness (QED) is 0.558. The van der Waals surface area contributed by atoms with Gasteiger partial charge in [0.2, 0.25) is 0 Å². The molecule has 2 rings (SSSR count). The van der Waals surface area contributed by atoms with Gasteiger partial charge in [0, 0.05) is 32.4 Å². The van der Waals surface area contributed by atoms with Crippen molar-refractivity contribution in [3.8, 4) is 5.75 Å². The Labute approximate surface area is 163 Å². The summed E-state index contributed by atoms with van der Waals surface area (Å²) in [5.74, 6) is -1.51. The smallest absolute Gasteiger partial charge is 0.331 e. The molecule has 2 aromatic carbocycles. The zero-order chi connectivity index (χ0) is 20.5. The number of hydrogen-bond donors (Lipinski definition) is 1. The van der Waals surface area contributed by atoms with Crippen molar-refractivity contribution in [2.45, 2.75) is 6.54 Å². The van der Waals surface area contributed by atoms with Crippen molar-refractivity contribution < 1.29 is 23.5 Å². The Hall–Kier alpha value is -3.35. The van der Waals surface area contributed by atoms with Crippen LogP contribution >= 0.6 is 0 Å². The third-order valence-electron chi connectivity index (χ3n) is 3.88. The van der Waals surface area contributed by atoms with Crippen LogP contribution in [0.15, 0.2) is 48.5 Å². The predicted octanol–water partition coefficient (Wildman–Crippen LogP) is 2.77. The lowest BCUT2D eigenvalue weighted by atomic mass is 10.2. The van der Waals surface area contributed by atoms with Gasteiger partial charge in [-0.3, -0.25) is 4.79 Å². The molecule has 0 heterocycles. The van der Waals surface area contributed by atoms with E-state index >= 15 is 0 Å². The molecule has 0 unspecified atom stereocenters. The third-order valence-corrected chi connectivity index (χ3v) is 3.88. The van der Waals surface area contributed by atoms with Crippen molar-refractivity contribution in [3.05, 3.63) is 65.5 Å². The molecule has 0 saturated heterocycles. The first kappa shape index (κ1) is 21.0. The molecule has 0 atom stereocenters. The Morgan fingerprint density at radius 3 is 2.46 bits per heavy atom. The summed E-state index contributed by atoms with van der Waals surface area (Å²) in [6.07, 6.45) is 2.53. The fraction of sp³-hybridized carbons (Fsp3) is 0.238. The Kier molecular flexibility index (Phi) is 7.56. The van der Waals surface area contributed by atoms with E-state index in [0.717, 1.165) is 17.3 Å². The van der Waals surface area contributed by atoms with Crippen LogP contribution in [0.1, 0.15) is 11.1 Å². The van der Waals surface area contributed by atoms with E-state index in [1.165, 1.54) is 25.3 Å². The van der Waals surface area contributed by atoms with Crippen LogP contribution in [0.4, 0.5) is 10.1 Å². The van der Waals surface area contributed by atoms with Gasteiger partial charge in [0.25, 0.3) is 5.91 Å². The van der Waals surface area contributed by atoms with E-state index in [-0.39, 0.29) is 5.75 Å². The molecule has 6 nitrogen and oxygen atoms in total. The summed E-state index contributed by atoms with van der Waals surface area (Å²) in [5, 5.41) is 2.68. The van der Waals surface area contributed by atoms with Gasteiger partial charge in [-0.15, -0.1) is 0 Å². The van der Waals surface area contributed by atoms with Gasteiger partial charge < -0.3 is 19.7 Å². The number of benzene rings is 2. The van der Waals surface area contributed by atoms with Crippen LogP contribution in [0.2, 0.25) is 0 Å². The minimum absolute atomic E-state index is 0.118. The molecule has 1 amide bonds. The number of halogens is 1. The lowest BCUT2D eigenvalue weighted by Crippen LogP contribution is -2.28. The molecular weight excluding hydrogens is 363 g/mol. The van der Waals surface area contributed by atoms with Crippen LogP contribution in [-0.4, -0.2) is 39.7 Å². The number of hydrogen-bond acceptors (Lipinski definition) is 5. The van der Waals surface area contributed by atoms with Crippen molar-refractivity contribution in [2.75, 3.05) is 32.7 Å². The maximum absolute atomic E-state index is 13.6. The Morgan fingerprint density at radius 1 is 1.14 bits per heavy atom. The molecule has 7 heteroatoms. The van der Waals surface area contributed by atoms with Crippen LogP contribution in [0, 0.1) is 5.82 Å². The molecule has 0 fully saturated rings. The Bertz CT molecular complexity index is 848. The van der Waals surface area contributed by atoms with Crippen molar-refractivity contribution in [1.82, 2.24) is 5.32 Å². The fourth-order valence-electron chi connectivity index (χ4n) is 2.30. The van der Waals surface area contributed by atoms with Crippen LogP contribution in [0.25, 0.3) is 6.08 Å². The molecule has 0 aliphatic carbocycles. The van der Waals surface area contributed by atoms with E-state index in [1.54, 1.807) is 6.07 Å². The highest BCUT2D eigenvalue weighted by Gasteiger charge is 2.06. The number of amides is 1. The molecule has 0 aliphatic heterocycles. The average molecular weight is 386 g/mol. The minimum atomic E-state index is -0.693. The van der Waals surface area contributed by atoms with E-state index in [2.05, 4.69) is 5.32 Å². The average Bonchev–Trinajstić information content (AvgIpc) is 2.69. The number of nitrogens with zero attached hydrogens (tertiary/aromatic N) is 1. The van der Waals surface area contributed by atoms with Gasteiger partial charge in [-0.1, -0.05) is 18.2 Å². The van der Waals surface area contributed by atoms with Crippen molar-refractivity contribution in [3.63, 3.8) is 0 Å². The second kappa shape index (κ2) is 10.1. The van der Waals surface area contributed by atoms with E-state index in [9.17, 15) is 14.0 Å². The van der Waals surface area contributed by atoms with Crippen LogP contribution < -0.4 is 15.0 Å². The first-order valence-electron chi connectivity index (χ1n) is 8.60. The van der Waals surface area contributed by atoms with E-state index < -0.39 is 24.3 Å². The molecule has 0 radical (unpaired) electrons. The highest BCUT2D eigenvalue weighted by molar-refractivity contribution is 5.89. The second-order valence-corrected chi connectivity index (χ2v) is 6.17. The van der Waals surface area contributed by atoms with Crippen LogP contribution in [0.3, 0.4) is 0 Å². The molecule has 1 N–H and O–H groups in total. The monoisotopic (exact) mass is 386 g/mol. The van der Waals surface area contributed by atoms with Crippen LogP contribution in [-0.2, 0) is 20.9 Å². The van der Waals surface area contributed by atoms with Gasteiger partial charge in [0.1, 0.15) is 0 Å². The van der Waals surface area contributed by atoms with E-state index in [4.69, 9.17) is 9.47 Å². The summed E-state index contributed by atoms with van der Waals surface area (Å²) in [6, 6.07) is 12.0. The molecule has 0 aromatic heterocycles. The number of carbonyl (C=O) groups is 2. The molecule has 0 saturated carbocycles. The van der Waals surface area contributed by atoms with Gasteiger partial charge in [-0.2, -0.15) is 0 Å². The largest absolute Gasteiger partial charge is 0.494 e. The normalized spacial score (nSPS) is 10.6. The Morgan fingerprint density at radius 2 is 1.86 bits per heavy atom. The second-order valence-electron chi connectivity index (χ2n) is 6.17. The number of nitrogens with one attached hydrogen (secondary N) is 1. The molecule has 148 valence electrons. The van der Waals surface area contributed by atoms with E-state index in [0.29, 0.717) is 12.1 Å². The summed E-state index contributed by atoms with van der Waals surface area (Å²) in [6.45, 7) is -0.0546. The molecular formula is C21H23FN2O4. The predicted molar refractivity (Wildman–Crippen MR) is 106 cm³/mol. The molecule has 0 spiro atoms. The number of esters is 1. The number of methoxy groups -OCH3 is 1. The maximum Gasteiger partial charge on any atom is 0.331 e. The van der Waals surface area contributed by atoms with Crippen molar-refractivity contribution >= 4 is 23.6 Å². The van der Waals surface area contributed by atoms with Crippen LogP contribution in [0.5, 0.6) is 5.75 Å². The summed E-state index contributed by atoms with van der Waals surface area (Å²) >= 11 is 0. The fourth-order valence-corrected chi connectivity index (χ4v) is 2.30. The standard InChI is InChI=1S/C21H23FN2O4/c1-24(2)17-8-4-16(5-9-17)13-23-20(25)14-28-21(26)11-7-15-6-10-19(27-3)18(22)12-15/h4-12H,13-14H2,1-3H3,(H,23,25)/b11-7+.